The van der Waals surface area contributed by atoms with Gasteiger partial charge in [0.1, 0.15) is 11.6 Å². The molecule has 0 heterocycles. The molecule has 100 valence electrons. The Labute approximate surface area is 107 Å². The number of carbonyl (C=O) groups excluding carboxylic acids is 1. The van der Waals surface area contributed by atoms with Crippen LogP contribution < -0.4 is 10.1 Å². The third kappa shape index (κ3) is 5.17. The molecule has 0 aromatic heterocycles. The molecule has 0 bridgehead atoms. The van der Waals surface area contributed by atoms with Gasteiger partial charge in [0.15, 0.2) is 6.10 Å². The van der Waals surface area contributed by atoms with Gasteiger partial charge < -0.3 is 10.1 Å². The SMILES string of the molecule is CC(C)CCNC(=O)C(C)Oc1cccc(F)c1. The van der Waals surface area contributed by atoms with Gasteiger partial charge in [0.25, 0.3) is 5.91 Å². The van der Waals surface area contributed by atoms with Crippen LogP contribution in [-0.2, 0) is 4.79 Å². The Kier molecular flexibility index (Phi) is 5.62. The van der Waals surface area contributed by atoms with Crippen molar-refractivity contribution >= 4 is 5.91 Å². The maximum Gasteiger partial charge on any atom is 0.260 e. The van der Waals surface area contributed by atoms with Crippen LogP contribution in [0.2, 0.25) is 0 Å². The Bertz CT molecular complexity index is 393. The predicted molar refractivity (Wildman–Crippen MR) is 69.0 cm³/mol. The molecule has 1 N–H and O–H groups in total. The van der Waals surface area contributed by atoms with Gasteiger partial charge in [-0.15, -0.1) is 0 Å². The fourth-order valence-corrected chi connectivity index (χ4v) is 1.43. The lowest BCUT2D eigenvalue weighted by molar-refractivity contribution is -0.127. The second-order valence-corrected chi connectivity index (χ2v) is 4.69. The van der Waals surface area contributed by atoms with E-state index in [-0.39, 0.29) is 11.7 Å². The van der Waals surface area contributed by atoms with Crippen molar-refractivity contribution in [2.24, 2.45) is 5.92 Å². The number of amides is 1. The number of hydrogen-bond donors (Lipinski definition) is 1. The molecule has 3 nitrogen and oxygen atoms in total. The maximum absolute atomic E-state index is 12.9. The average Bonchev–Trinajstić information content (AvgIpc) is 2.28. The van der Waals surface area contributed by atoms with Crippen LogP contribution in [0.4, 0.5) is 4.39 Å². The molecule has 0 saturated carbocycles. The highest BCUT2D eigenvalue weighted by molar-refractivity contribution is 5.80. The number of rotatable bonds is 6. The van der Waals surface area contributed by atoms with E-state index in [2.05, 4.69) is 19.2 Å². The highest BCUT2D eigenvalue weighted by Crippen LogP contribution is 2.13. The monoisotopic (exact) mass is 253 g/mol. The van der Waals surface area contributed by atoms with Gasteiger partial charge in [-0.2, -0.15) is 0 Å². The molecule has 0 fully saturated rings. The molecular formula is C14H20FNO2. The number of carbonyl (C=O) groups is 1. The third-order valence-electron chi connectivity index (χ3n) is 2.50. The summed E-state index contributed by atoms with van der Waals surface area (Å²) in [5, 5.41) is 2.79. The Morgan fingerprint density at radius 3 is 2.72 bits per heavy atom. The summed E-state index contributed by atoms with van der Waals surface area (Å²) in [5.74, 6) is 0.353. The molecule has 1 atom stereocenters. The van der Waals surface area contributed by atoms with E-state index >= 15 is 0 Å². The second-order valence-electron chi connectivity index (χ2n) is 4.69. The Morgan fingerprint density at radius 1 is 1.39 bits per heavy atom. The van der Waals surface area contributed by atoms with Crippen molar-refractivity contribution in [3.05, 3.63) is 30.1 Å². The zero-order chi connectivity index (χ0) is 13.5. The largest absolute Gasteiger partial charge is 0.481 e. The molecule has 18 heavy (non-hydrogen) atoms. The first kappa shape index (κ1) is 14.5. The van der Waals surface area contributed by atoms with Crippen LogP contribution in [0.3, 0.4) is 0 Å². The van der Waals surface area contributed by atoms with E-state index in [4.69, 9.17) is 4.74 Å². The topological polar surface area (TPSA) is 38.3 Å². The summed E-state index contributed by atoms with van der Waals surface area (Å²) < 4.78 is 18.3. The summed E-state index contributed by atoms with van der Waals surface area (Å²) in [6.07, 6.45) is 0.303. The summed E-state index contributed by atoms with van der Waals surface area (Å²) in [6.45, 7) is 6.47. The summed E-state index contributed by atoms with van der Waals surface area (Å²) >= 11 is 0. The first-order valence-corrected chi connectivity index (χ1v) is 6.19. The Balaban J connectivity index is 2.40. The number of hydrogen-bond acceptors (Lipinski definition) is 2. The normalized spacial score (nSPS) is 12.3. The average molecular weight is 253 g/mol. The minimum atomic E-state index is -0.626. The van der Waals surface area contributed by atoms with Crippen molar-refractivity contribution in [1.29, 1.82) is 0 Å². The molecule has 1 rings (SSSR count). The van der Waals surface area contributed by atoms with Crippen molar-refractivity contribution in [3.63, 3.8) is 0 Å². The molecule has 0 spiro atoms. The predicted octanol–water partition coefficient (Wildman–Crippen LogP) is 2.76. The van der Waals surface area contributed by atoms with Gasteiger partial charge in [-0.3, -0.25) is 4.79 Å². The molecule has 0 aliphatic rings. The van der Waals surface area contributed by atoms with Gasteiger partial charge >= 0.3 is 0 Å². The van der Waals surface area contributed by atoms with Gasteiger partial charge in [-0.1, -0.05) is 19.9 Å². The zero-order valence-electron chi connectivity index (χ0n) is 11.1. The minimum absolute atomic E-state index is 0.181. The van der Waals surface area contributed by atoms with Gasteiger partial charge in [-0.05, 0) is 31.4 Å². The van der Waals surface area contributed by atoms with Gasteiger partial charge in [0.05, 0.1) is 0 Å². The highest BCUT2D eigenvalue weighted by Gasteiger charge is 2.14. The summed E-state index contributed by atoms with van der Waals surface area (Å²) in [5.41, 5.74) is 0. The van der Waals surface area contributed by atoms with Crippen LogP contribution >= 0.6 is 0 Å². The van der Waals surface area contributed by atoms with E-state index < -0.39 is 6.10 Å². The number of halogens is 1. The molecule has 1 amide bonds. The molecule has 0 aliphatic heterocycles. The number of benzene rings is 1. The molecule has 4 heteroatoms. The first-order valence-electron chi connectivity index (χ1n) is 6.19. The van der Waals surface area contributed by atoms with E-state index in [1.807, 2.05) is 0 Å². The fraction of sp³-hybridized carbons (Fsp3) is 0.500. The standard InChI is InChI=1S/C14H20FNO2/c1-10(2)7-8-16-14(17)11(3)18-13-6-4-5-12(15)9-13/h4-6,9-11H,7-8H2,1-3H3,(H,16,17). The minimum Gasteiger partial charge on any atom is -0.481 e. The molecule has 0 aliphatic carbocycles. The second kappa shape index (κ2) is 6.99. The van der Waals surface area contributed by atoms with Crippen molar-refractivity contribution in [1.82, 2.24) is 5.32 Å². The van der Waals surface area contributed by atoms with Crippen LogP contribution in [0.15, 0.2) is 24.3 Å². The fourth-order valence-electron chi connectivity index (χ4n) is 1.43. The lowest BCUT2D eigenvalue weighted by Crippen LogP contribution is -2.37. The highest BCUT2D eigenvalue weighted by atomic mass is 19.1. The van der Waals surface area contributed by atoms with E-state index in [1.54, 1.807) is 19.1 Å². The van der Waals surface area contributed by atoms with E-state index in [0.29, 0.717) is 18.2 Å². The summed E-state index contributed by atoms with van der Waals surface area (Å²) in [7, 11) is 0. The van der Waals surface area contributed by atoms with Crippen LogP contribution in [0.1, 0.15) is 27.2 Å². The molecular weight excluding hydrogens is 233 g/mol. The van der Waals surface area contributed by atoms with Gasteiger partial charge in [0, 0.05) is 12.6 Å². The van der Waals surface area contributed by atoms with E-state index in [0.717, 1.165) is 6.42 Å². The smallest absolute Gasteiger partial charge is 0.260 e. The van der Waals surface area contributed by atoms with Crippen molar-refractivity contribution < 1.29 is 13.9 Å². The molecule has 1 unspecified atom stereocenters. The molecule has 0 saturated heterocycles. The zero-order valence-corrected chi connectivity index (χ0v) is 11.1. The first-order chi connectivity index (χ1) is 8.49. The van der Waals surface area contributed by atoms with Crippen molar-refractivity contribution in [3.8, 4) is 5.75 Å². The Hall–Kier alpha value is -1.58. The quantitative estimate of drug-likeness (QED) is 0.846. The molecule has 1 aromatic carbocycles. The Morgan fingerprint density at radius 2 is 2.11 bits per heavy atom. The van der Waals surface area contributed by atoms with Crippen LogP contribution in [-0.4, -0.2) is 18.6 Å². The lowest BCUT2D eigenvalue weighted by Gasteiger charge is -2.15. The van der Waals surface area contributed by atoms with E-state index in [1.165, 1.54) is 12.1 Å². The maximum atomic E-state index is 12.9. The lowest BCUT2D eigenvalue weighted by atomic mass is 10.1. The van der Waals surface area contributed by atoms with Crippen LogP contribution in [0, 0.1) is 11.7 Å². The van der Waals surface area contributed by atoms with Crippen molar-refractivity contribution in [2.45, 2.75) is 33.3 Å². The van der Waals surface area contributed by atoms with E-state index in [9.17, 15) is 9.18 Å². The third-order valence-corrected chi connectivity index (χ3v) is 2.50. The van der Waals surface area contributed by atoms with Crippen LogP contribution in [0.5, 0.6) is 5.75 Å². The summed E-state index contributed by atoms with van der Waals surface area (Å²) in [4.78, 5) is 11.7. The number of nitrogens with one attached hydrogen (secondary N) is 1. The van der Waals surface area contributed by atoms with Crippen molar-refractivity contribution in [2.75, 3.05) is 6.54 Å². The van der Waals surface area contributed by atoms with Gasteiger partial charge in [-0.25, -0.2) is 4.39 Å². The van der Waals surface area contributed by atoms with Gasteiger partial charge in [0.2, 0.25) is 0 Å². The molecule has 1 aromatic rings. The summed E-state index contributed by atoms with van der Waals surface area (Å²) in [6, 6.07) is 5.77. The molecule has 0 radical (unpaired) electrons. The van der Waals surface area contributed by atoms with Crippen LogP contribution in [0.25, 0.3) is 0 Å². The number of ether oxygens (including phenoxy) is 1.